The van der Waals surface area contributed by atoms with E-state index in [-0.39, 0.29) is 47.2 Å². The molecule has 6 rings (SSSR count). The summed E-state index contributed by atoms with van der Waals surface area (Å²) in [4.78, 5) is 22.2. The van der Waals surface area contributed by atoms with Gasteiger partial charge < -0.3 is 25.0 Å². The average Bonchev–Trinajstić information content (AvgIpc) is 3.32. The highest BCUT2D eigenvalue weighted by Crippen LogP contribution is 2.34. The minimum Gasteiger partial charge on any atom is -0.384 e. The number of aromatic nitrogens is 4. The van der Waals surface area contributed by atoms with Crippen molar-refractivity contribution in [1.29, 1.82) is 0 Å². The Balaban J connectivity index is 1.43. The van der Waals surface area contributed by atoms with Crippen LogP contribution in [0.15, 0.2) is 12.3 Å². The van der Waals surface area contributed by atoms with E-state index >= 15 is 0 Å². The van der Waals surface area contributed by atoms with Crippen LogP contribution in [0.5, 0.6) is 0 Å². The number of alkyl halides is 2. The molecule has 4 fully saturated rings. The molecule has 4 aliphatic heterocycles. The van der Waals surface area contributed by atoms with Gasteiger partial charge in [0.05, 0.1) is 24.4 Å². The molecule has 6 heterocycles. The van der Waals surface area contributed by atoms with E-state index in [0.717, 1.165) is 25.7 Å². The number of anilines is 3. The summed E-state index contributed by atoms with van der Waals surface area (Å²) in [5.41, 5.74) is 5.61. The fraction of sp³-hybridized carbons (Fsp3) is 0.619. The molecule has 0 amide bonds. The molecular weight excluding hydrogens is 420 g/mol. The van der Waals surface area contributed by atoms with Crippen LogP contribution in [-0.2, 0) is 9.47 Å². The monoisotopic (exact) mass is 445 g/mol. The normalized spacial score (nSPS) is 29.2. The van der Waals surface area contributed by atoms with Crippen LogP contribution in [0.4, 0.5) is 26.5 Å². The van der Waals surface area contributed by atoms with Gasteiger partial charge in [-0.25, -0.2) is 13.8 Å². The van der Waals surface area contributed by atoms with Gasteiger partial charge >= 0.3 is 0 Å². The van der Waals surface area contributed by atoms with Gasteiger partial charge in [0, 0.05) is 43.5 Å². The molecule has 0 aliphatic carbocycles. The Labute approximate surface area is 184 Å². The highest BCUT2D eigenvalue weighted by Gasteiger charge is 2.37. The number of nitrogen functional groups attached to an aromatic ring is 1. The third-order valence-corrected chi connectivity index (χ3v) is 6.70. The zero-order chi connectivity index (χ0) is 21.8. The Bertz CT molecular complexity index is 953. The standard InChI is InChI=1S/C21H25F2N7O2/c22-18(23)15-5-17(24)25-6-16(15)19-26-20(29-7-11-1-2-12(8-29)31-11)28-21(27-19)30-9-13-3-4-14(10-30)32-13/h5-6,11-14,18H,1-4,7-10H2,(H2,24,25). The Morgan fingerprint density at radius 2 is 1.34 bits per heavy atom. The lowest BCUT2D eigenvalue weighted by molar-refractivity contribution is 0.0293. The lowest BCUT2D eigenvalue weighted by Gasteiger charge is -2.34. The number of fused-ring (bicyclic) bond motifs is 4. The maximum absolute atomic E-state index is 13.8. The number of halogens is 2. The van der Waals surface area contributed by atoms with Crippen molar-refractivity contribution in [3.8, 4) is 11.4 Å². The van der Waals surface area contributed by atoms with Crippen LogP contribution in [0.2, 0.25) is 0 Å². The van der Waals surface area contributed by atoms with Crippen LogP contribution >= 0.6 is 0 Å². The van der Waals surface area contributed by atoms with Gasteiger partial charge in [-0.3, -0.25) is 0 Å². The van der Waals surface area contributed by atoms with Crippen molar-refractivity contribution in [3.05, 3.63) is 17.8 Å². The van der Waals surface area contributed by atoms with Gasteiger partial charge in [-0.2, -0.15) is 15.0 Å². The van der Waals surface area contributed by atoms with E-state index in [1.807, 2.05) is 0 Å². The molecule has 4 atom stereocenters. The second-order valence-electron chi connectivity index (χ2n) is 8.98. The Morgan fingerprint density at radius 1 is 0.844 bits per heavy atom. The molecule has 0 spiro atoms. The van der Waals surface area contributed by atoms with Crippen molar-refractivity contribution < 1.29 is 18.3 Å². The van der Waals surface area contributed by atoms with E-state index in [9.17, 15) is 8.78 Å². The SMILES string of the molecule is Nc1cc(C(F)F)c(-c2nc(N3CC4CCC(C3)O4)nc(N3CC4CCC(C3)O4)n2)cn1. The minimum atomic E-state index is -2.72. The number of nitrogens with two attached hydrogens (primary N) is 1. The van der Waals surface area contributed by atoms with E-state index in [1.54, 1.807) is 0 Å². The summed E-state index contributed by atoms with van der Waals surface area (Å²) in [5, 5.41) is 0. The Kier molecular flexibility index (Phi) is 4.83. The smallest absolute Gasteiger partial charge is 0.264 e. The number of morpholine rings is 2. The largest absolute Gasteiger partial charge is 0.384 e. The van der Waals surface area contributed by atoms with Gasteiger partial charge in [0.2, 0.25) is 11.9 Å². The fourth-order valence-corrected chi connectivity index (χ4v) is 5.17. The molecule has 2 N–H and O–H groups in total. The molecule has 11 heteroatoms. The van der Waals surface area contributed by atoms with Crippen LogP contribution in [0.25, 0.3) is 11.4 Å². The Morgan fingerprint density at radius 3 is 1.81 bits per heavy atom. The maximum Gasteiger partial charge on any atom is 0.264 e. The molecule has 0 radical (unpaired) electrons. The van der Waals surface area contributed by atoms with E-state index in [1.165, 1.54) is 12.3 Å². The number of nitrogens with zero attached hydrogens (tertiary/aromatic N) is 6. The summed E-state index contributed by atoms with van der Waals surface area (Å²) in [6.45, 7) is 2.70. The maximum atomic E-state index is 13.8. The molecule has 2 aromatic heterocycles. The molecule has 0 aromatic carbocycles. The first kappa shape index (κ1) is 20.0. The summed E-state index contributed by atoms with van der Waals surface area (Å²) in [6.07, 6.45) is 3.22. The minimum absolute atomic E-state index is 0.0352. The number of hydrogen-bond acceptors (Lipinski definition) is 9. The summed E-state index contributed by atoms with van der Waals surface area (Å²) < 4.78 is 39.5. The molecule has 2 aromatic rings. The highest BCUT2D eigenvalue weighted by molar-refractivity contribution is 5.64. The quantitative estimate of drug-likeness (QED) is 0.759. The van der Waals surface area contributed by atoms with Gasteiger partial charge in [-0.1, -0.05) is 0 Å². The first-order chi connectivity index (χ1) is 15.5. The molecule has 0 saturated carbocycles. The van der Waals surface area contributed by atoms with Crippen molar-refractivity contribution >= 4 is 17.7 Å². The number of hydrogen-bond donors (Lipinski definition) is 1. The van der Waals surface area contributed by atoms with Crippen LogP contribution in [0.3, 0.4) is 0 Å². The van der Waals surface area contributed by atoms with Crippen LogP contribution in [0, 0.1) is 0 Å². The van der Waals surface area contributed by atoms with E-state index in [0.29, 0.717) is 38.1 Å². The topological polar surface area (TPSA) is 103 Å². The highest BCUT2D eigenvalue weighted by atomic mass is 19.3. The fourth-order valence-electron chi connectivity index (χ4n) is 5.17. The van der Waals surface area contributed by atoms with Crippen molar-refractivity contribution in [2.45, 2.75) is 56.5 Å². The molecule has 170 valence electrons. The molecule has 9 nitrogen and oxygen atoms in total. The summed E-state index contributed by atoms with van der Waals surface area (Å²) in [5.74, 6) is 1.20. The van der Waals surface area contributed by atoms with Crippen LogP contribution < -0.4 is 15.5 Å². The van der Waals surface area contributed by atoms with Crippen molar-refractivity contribution in [2.75, 3.05) is 41.7 Å². The molecular formula is C21H25F2N7O2. The second-order valence-corrected chi connectivity index (χ2v) is 8.98. The molecule has 4 aliphatic rings. The molecule has 4 bridgehead atoms. The third kappa shape index (κ3) is 3.62. The van der Waals surface area contributed by atoms with Gasteiger partial charge in [0.25, 0.3) is 6.43 Å². The van der Waals surface area contributed by atoms with E-state index < -0.39 is 6.43 Å². The lowest BCUT2D eigenvalue weighted by Crippen LogP contribution is -2.45. The molecule has 32 heavy (non-hydrogen) atoms. The van der Waals surface area contributed by atoms with Crippen molar-refractivity contribution in [3.63, 3.8) is 0 Å². The predicted molar refractivity (Wildman–Crippen MR) is 113 cm³/mol. The van der Waals surface area contributed by atoms with Gasteiger partial charge in [-0.05, 0) is 31.7 Å². The molecule has 4 saturated heterocycles. The summed E-state index contributed by atoms with van der Waals surface area (Å²) >= 11 is 0. The van der Waals surface area contributed by atoms with E-state index in [4.69, 9.17) is 20.2 Å². The zero-order valence-electron chi connectivity index (χ0n) is 17.5. The second kappa shape index (κ2) is 7.73. The van der Waals surface area contributed by atoms with E-state index in [2.05, 4.69) is 24.8 Å². The molecule has 4 unspecified atom stereocenters. The zero-order valence-corrected chi connectivity index (χ0v) is 17.5. The van der Waals surface area contributed by atoms with Gasteiger partial charge in [0.15, 0.2) is 5.82 Å². The third-order valence-electron chi connectivity index (χ3n) is 6.70. The first-order valence-corrected chi connectivity index (χ1v) is 11.1. The number of rotatable bonds is 4. The Hall–Kier alpha value is -2.66. The average molecular weight is 445 g/mol. The van der Waals surface area contributed by atoms with Gasteiger partial charge in [-0.15, -0.1) is 0 Å². The summed E-state index contributed by atoms with van der Waals surface area (Å²) in [6, 6.07) is 1.19. The van der Waals surface area contributed by atoms with Gasteiger partial charge in [0.1, 0.15) is 5.82 Å². The predicted octanol–water partition coefficient (Wildman–Crippen LogP) is 2.19. The summed E-state index contributed by atoms with van der Waals surface area (Å²) in [7, 11) is 0. The van der Waals surface area contributed by atoms with Crippen LogP contribution in [-0.4, -0.2) is 70.5 Å². The lowest BCUT2D eigenvalue weighted by atomic mass is 10.1. The van der Waals surface area contributed by atoms with Crippen molar-refractivity contribution in [2.24, 2.45) is 0 Å². The number of ether oxygens (including phenoxy) is 2. The van der Waals surface area contributed by atoms with Crippen molar-refractivity contribution in [1.82, 2.24) is 19.9 Å². The first-order valence-electron chi connectivity index (χ1n) is 11.1. The van der Waals surface area contributed by atoms with Crippen LogP contribution in [0.1, 0.15) is 37.7 Å². The number of pyridine rings is 1.